The average molecular weight is 345 g/mol. The summed E-state index contributed by atoms with van der Waals surface area (Å²) in [5.41, 5.74) is 0.640. The van der Waals surface area contributed by atoms with Gasteiger partial charge in [-0.2, -0.15) is 0 Å². The summed E-state index contributed by atoms with van der Waals surface area (Å²) in [7, 11) is 0. The molecular formula is C19H23NO5. The summed E-state index contributed by atoms with van der Waals surface area (Å²) in [6, 6.07) is 5.52. The van der Waals surface area contributed by atoms with Crippen molar-refractivity contribution in [1.29, 1.82) is 0 Å². The van der Waals surface area contributed by atoms with Crippen LogP contribution in [0.15, 0.2) is 30.9 Å². The Hall–Kier alpha value is -2.05. The van der Waals surface area contributed by atoms with Crippen LogP contribution in [0.4, 0.5) is 0 Å². The lowest BCUT2D eigenvalue weighted by Gasteiger charge is -2.35. The van der Waals surface area contributed by atoms with E-state index < -0.39 is 0 Å². The lowest BCUT2D eigenvalue weighted by atomic mass is 9.99. The molecule has 3 atom stereocenters. The third kappa shape index (κ3) is 3.24. The molecule has 3 aliphatic heterocycles. The Morgan fingerprint density at radius 1 is 1.28 bits per heavy atom. The van der Waals surface area contributed by atoms with Crippen molar-refractivity contribution in [1.82, 2.24) is 4.90 Å². The van der Waals surface area contributed by atoms with E-state index in [0.29, 0.717) is 30.3 Å². The van der Waals surface area contributed by atoms with Gasteiger partial charge < -0.3 is 23.8 Å². The molecule has 3 aliphatic rings. The molecule has 2 saturated heterocycles. The second kappa shape index (κ2) is 7.06. The Kier molecular flexibility index (Phi) is 4.63. The normalized spacial score (nSPS) is 27.2. The van der Waals surface area contributed by atoms with Crippen LogP contribution in [0.2, 0.25) is 0 Å². The van der Waals surface area contributed by atoms with E-state index in [1.165, 1.54) is 0 Å². The van der Waals surface area contributed by atoms with E-state index in [4.69, 9.17) is 18.9 Å². The van der Waals surface area contributed by atoms with Gasteiger partial charge >= 0.3 is 0 Å². The Morgan fingerprint density at radius 2 is 2.16 bits per heavy atom. The number of amides is 1. The van der Waals surface area contributed by atoms with Crippen molar-refractivity contribution in [3.63, 3.8) is 0 Å². The fourth-order valence-electron chi connectivity index (χ4n) is 3.85. The van der Waals surface area contributed by atoms with E-state index in [1.54, 1.807) is 24.3 Å². The highest BCUT2D eigenvalue weighted by Crippen LogP contribution is 2.35. The topological polar surface area (TPSA) is 57.2 Å². The van der Waals surface area contributed by atoms with Gasteiger partial charge in [-0.25, -0.2) is 0 Å². The number of benzene rings is 1. The van der Waals surface area contributed by atoms with Crippen molar-refractivity contribution >= 4 is 5.91 Å². The Labute approximate surface area is 147 Å². The molecule has 0 aromatic heterocycles. The van der Waals surface area contributed by atoms with E-state index in [-0.39, 0.29) is 30.9 Å². The zero-order valence-electron chi connectivity index (χ0n) is 14.2. The van der Waals surface area contributed by atoms with Crippen LogP contribution < -0.4 is 9.47 Å². The molecule has 2 fully saturated rings. The number of hydrogen-bond donors (Lipinski definition) is 0. The highest BCUT2D eigenvalue weighted by atomic mass is 16.7. The Bertz CT molecular complexity index is 661. The number of carbonyl (C=O) groups excluding carboxylic acids is 1. The lowest BCUT2D eigenvalue weighted by molar-refractivity contribution is -0.0937. The molecule has 134 valence electrons. The van der Waals surface area contributed by atoms with E-state index in [1.807, 2.05) is 4.90 Å². The number of likely N-dealkylation sites (tertiary alicyclic amines) is 1. The van der Waals surface area contributed by atoms with E-state index in [2.05, 4.69) is 6.58 Å². The molecule has 0 radical (unpaired) electrons. The standard InChI is InChI=1S/C19H23NO5/c1-2-9-22-11-14-4-5-15-16(25-14)7-8-20(15)19(21)13-3-6-17-18(10-13)24-12-23-17/h2-3,6,10,14-16H,1,4-5,7-9,11-12H2/t14-,15-,16-/m0/s1. The molecule has 0 spiro atoms. The summed E-state index contributed by atoms with van der Waals surface area (Å²) in [6.07, 6.45) is 4.68. The van der Waals surface area contributed by atoms with Crippen molar-refractivity contribution < 1.29 is 23.7 Å². The van der Waals surface area contributed by atoms with Gasteiger partial charge in [-0.05, 0) is 37.5 Å². The molecule has 0 aliphatic carbocycles. The molecule has 6 nitrogen and oxygen atoms in total. The van der Waals surface area contributed by atoms with Gasteiger partial charge in [0.15, 0.2) is 11.5 Å². The number of ether oxygens (including phenoxy) is 4. The largest absolute Gasteiger partial charge is 0.454 e. The summed E-state index contributed by atoms with van der Waals surface area (Å²) < 4.78 is 22.3. The van der Waals surface area contributed by atoms with Gasteiger partial charge in [0, 0.05) is 12.1 Å². The van der Waals surface area contributed by atoms with Crippen LogP contribution in [-0.4, -0.2) is 55.6 Å². The van der Waals surface area contributed by atoms with Gasteiger partial charge in [0.1, 0.15) is 0 Å². The van der Waals surface area contributed by atoms with Gasteiger partial charge in [-0.3, -0.25) is 4.79 Å². The summed E-state index contributed by atoms with van der Waals surface area (Å²) in [4.78, 5) is 14.9. The monoisotopic (exact) mass is 345 g/mol. The predicted molar refractivity (Wildman–Crippen MR) is 90.9 cm³/mol. The number of carbonyl (C=O) groups is 1. The second-order valence-electron chi connectivity index (χ2n) is 6.62. The Balaban J connectivity index is 1.40. The lowest BCUT2D eigenvalue weighted by Crippen LogP contribution is -2.45. The van der Waals surface area contributed by atoms with Crippen molar-refractivity contribution in [2.45, 2.75) is 37.5 Å². The zero-order chi connectivity index (χ0) is 17.2. The maximum absolute atomic E-state index is 12.9. The molecule has 0 unspecified atom stereocenters. The van der Waals surface area contributed by atoms with Crippen molar-refractivity contribution in [3.8, 4) is 11.5 Å². The van der Waals surface area contributed by atoms with E-state index >= 15 is 0 Å². The van der Waals surface area contributed by atoms with E-state index in [0.717, 1.165) is 25.8 Å². The fraction of sp³-hybridized carbons (Fsp3) is 0.526. The highest BCUT2D eigenvalue weighted by Gasteiger charge is 2.42. The minimum absolute atomic E-state index is 0.0377. The van der Waals surface area contributed by atoms with Crippen LogP contribution >= 0.6 is 0 Å². The first-order valence-corrected chi connectivity index (χ1v) is 8.81. The van der Waals surface area contributed by atoms with Gasteiger partial charge in [0.25, 0.3) is 5.91 Å². The number of rotatable bonds is 5. The van der Waals surface area contributed by atoms with Gasteiger partial charge in [0.05, 0.1) is 31.5 Å². The van der Waals surface area contributed by atoms with Gasteiger partial charge in [-0.15, -0.1) is 6.58 Å². The summed E-state index contributed by atoms with van der Waals surface area (Å²) >= 11 is 0. The number of nitrogens with zero attached hydrogens (tertiary/aromatic N) is 1. The molecule has 3 heterocycles. The summed E-state index contributed by atoms with van der Waals surface area (Å²) in [6.45, 7) is 5.72. The first-order valence-electron chi connectivity index (χ1n) is 8.81. The van der Waals surface area contributed by atoms with Crippen molar-refractivity contribution in [2.75, 3.05) is 26.6 Å². The third-order valence-electron chi connectivity index (χ3n) is 5.06. The average Bonchev–Trinajstić information content (AvgIpc) is 3.27. The molecule has 4 rings (SSSR count). The van der Waals surface area contributed by atoms with Crippen molar-refractivity contribution in [2.24, 2.45) is 0 Å². The van der Waals surface area contributed by atoms with Gasteiger partial charge in [0.2, 0.25) is 6.79 Å². The smallest absolute Gasteiger partial charge is 0.254 e. The van der Waals surface area contributed by atoms with Gasteiger partial charge in [-0.1, -0.05) is 6.08 Å². The van der Waals surface area contributed by atoms with E-state index in [9.17, 15) is 4.79 Å². The van der Waals surface area contributed by atoms with Crippen molar-refractivity contribution in [3.05, 3.63) is 36.4 Å². The molecular weight excluding hydrogens is 322 g/mol. The number of fused-ring (bicyclic) bond motifs is 2. The minimum atomic E-state index is 0.0377. The highest BCUT2D eigenvalue weighted by molar-refractivity contribution is 5.95. The second-order valence-corrected chi connectivity index (χ2v) is 6.62. The molecule has 0 N–H and O–H groups in total. The maximum atomic E-state index is 12.9. The van der Waals surface area contributed by atoms with Crippen LogP contribution in [-0.2, 0) is 9.47 Å². The summed E-state index contributed by atoms with van der Waals surface area (Å²) in [5, 5.41) is 0. The molecule has 1 aromatic rings. The fourth-order valence-corrected chi connectivity index (χ4v) is 3.85. The van der Waals surface area contributed by atoms with Crippen LogP contribution in [0.1, 0.15) is 29.6 Å². The van der Waals surface area contributed by atoms with Crippen LogP contribution in [0.25, 0.3) is 0 Å². The quantitative estimate of drug-likeness (QED) is 0.606. The SMILES string of the molecule is C=CCOC[C@@H]1CC[C@H]2[C@H](CCN2C(=O)c2ccc3c(c2)OCO3)O1. The van der Waals surface area contributed by atoms with Crippen LogP contribution in [0, 0.1) is 0 Å². The molecule has 1 aromatic carbocycles. The summed E-state index contributed by atoms with van der Waals surface area (Å²) in [5.74, 6) is 1.37. The predicted octanol–water partition coefficient (Wildman–Crippen LogP) is 2.38. The minimum Gasteiger partial charge on any atom is -0.454 e. The molecule has 0 bridgehead atoms. The first-order chi connectivity index (χ1) is 12.3. The third-order valence-corrected chi connectivity index (χ3v) is 5.06. The first kappa shape index (κ1) is 16.4. The van der Waals surface area contributed by atoms with Crippen LogP contribution in [0.3, 0.4) is 0 Å². The molecule has 1 amide bonds. The Morgan fingerprint density at radius 3 is 3.04 bits per heavy atom. The zero-order valence-corrected chi connectivity index (χ0v) is 14.2. The molecule has 6 heteroatoms. The molecule has 0 saturated carbocycles. The maximum Gasteiger partial charge on any atom is 0.254 e. The molecule has 25 heavy (non-hydrogen) atoms. The number of hydrogen-bond acceptors (Lipinski definition) is 5. The van der Waals surface area contributed by atoms with Crippen LogP contribution in [0.5, 0.6) is 11.5 Å².